The number of amides is 1. The number of aliphatic imine (C=N–C) groups is 1. The molecule has 0 atom stereocenters. The third-order valence-corrected chi connectivity index (χ3v) is 8.62. The highest BCUT2D eigenvalue weighted by Crippen LogP contribution is 2.50. The molecule has 7 heteroatoms. The van der Waals surface area contributed by atoms with Crippen LogP contribution in [-0.4, -0.2) is 42.2 Å². The molecule has 180 valence electrons. The van der Waals surface area contributed by atoms with Gasteiger partial charge in [0.2, 0.25) is 0 Å². The molecule has 0 N–H and O–H groups in total. The Labute approximate surface area is 212 Å². The highest BCUT2D eigenvalue weighted by molar-refractivity contribution is 8.19. The number of aryl methyl sites for hydroxylation is 1. The van der Waals surface area contributed by atoms with Gasteiger partial charge in [-0.15, -0.1) is 0 Å². The molecule has 0 unspecified atom stereocenters. The molecule has 4 rings (SSSR count). The maximum Gasteiger partial charge on any atom is 0.269 e. The van der Waals surface area contributed by atoms with E-state index in [2.05, 4.69) is 86.9 Å². The zero-order chi connectivity index (χ0) is 24.2. The molecule has 0 saturated carbocycles. The summed E-state index contributed by atoms with van der Waals surface area (Å²) in [7, 11) is 0. The van der Waals surface area contributed by atoms with Gasteiger partial charge >= 0.3 is 0 Å². The van der Waals surface area contributed by atoms with E-state index in [0.717, 1.165) is 58.8 Å². The third kappa shape index (κ3) is 4.73. The molecular formula is C27H34N4OS2. The Kier molecular flexibility index (Phi) is 7.94. The predicted molar refractivity (Wildman–Crippen MR) is 148 cm³/mol. The summed E-state index contributed by atoms with van der Waals surface area (Å²) in [6.45, 7) is 14.2. The van der Waals surface area contributed by atoms with E-state index < -0.39 is 0 Å². The third-order valence-electron chi connectivity index (χ3n) is 6.24. The Balaban J connectivity index is 1.71. The monoisotopic (exact) mass is 494 g/mol. The van der Waals surface area contributed by atoms with Crippen molar-refractivity contribution in [1.29, 1.82) is 0 Å². The summed E-state index contributed by atoms with van der Waals surface area (Å²) in [4.78, 5) is 27.1. The maximum atomic E-state index is 13.6. The Bertz CT molecular complexity index is 1120. The molecular weight excluding hydrogens is 460 g/mol. The van der Waals surface area contributed by atoms with Gasteiger partial charge in [0.25, 0.3) is 5.91 Å². The van der Waals surface area contributed by atoms with Crippen LogP contribution in [-0.2, 0) is 4.79 Å². The molecule has 0 aliphatic carbocycles. The molecule has 1 fully saturated rings. The summed E-state index contributed by atoms with van der Waals surface area (Å²) >= 11 is 3.21. The Hall–Kier alpha value is -2.38. The van der Waals surface area contributed by atoms with Crippen molar-refractivity contribution in [2.75, 3.05) is 36.0 Å². The molecule has 34 heavy (non-hydrogen) atoms. The minimum atomic E-state index is 0.0726. The van der Waals surface area contributed by atoms with Crippen molar-refractivity contribution in [3.05, 3.63) is 58.0 Å². The number of benzene rings is 2. The summed E-state index contributed by atoms with van der Waals surface area (Å²) in [5.41, 5.74) is 4.44. The second kappa shape index (κ2) is 10.9. The first-order valence-electron chi connectivity index (χ1n) is 12.2. The number of para-hydroxylation sites is 1. The van der Waals surface area contributed by atoms with Crippen molar-refractivity contribution < 1.29 is 4.79 Å². The molecule has 2 aromatic rings. The maximum absolute atomic E-state index is 13.6. The fraction of sp³-hybridized carbons (Fsp3) is 0.407. The average molecular weight is 495 g/mol. The van der Waals surface area contributed by atoms with Gasteiger partial charge in [0, 0.05) is 36.8 Å². The number of rotatable bonds is 8. The summed E-state index contributed by atoms with van der Waals surface area (Å²) in [5, 5.41) is 1.81. The quantitative estimate of drug-likeness (QED) is 0.369. The largest absolute Gasteiger partial charge is 0.372 e. The molecule has 0 aromatic heterocycles. The van der Waals surface area contributed by atoms with Gasteiger partial charge in [-0.25, -0.2) is 4.99 Å². The van der Waals surface area contributed by atoms with E-state index in [4.69, 9.17) is 4.99 Å². The number of unbranched alkanes of at least 4 members (excludes halogenated alkanes) is 1. The first-order valence-corrected chi connectivity index (χ1v) is 13.9. The highest BCUT2D eigenvalue weighted by atomic mass is 32.2. The van der Waals surface area contributed by atoms with E-state index in [1.807, 2.05) is 4.90 Å². The number of fused-ring (bicyclic) bond motifs is 1. The van der Waals surface area contributed by atoms with Crippen LogP contribution in [0.25, 0.3) is 0 Å². The Morgan fingerprint density at radius 3 is 2.41 bits per heavy atom. The van der Waals surface area contributed by atoms with Crippen molar-refractivity contribution in [2.24, 2.45) is 4.99 Å². The van der Waals surface area contributed by atoms with Crippen molar-refractivity contribution >= 4 is 51.7 Å². The Morgan fingerprint density at radius 2 is 1.74 bits per heavy atom. The zero-order valence-electron chi connectivity index (χ0n) is 20.8. The van der Waals surface area contributed by atoms with Gasteiger partial charge in [-0.1, -0.05) is 37.2 Å². The summed E-state index contributed by atoms with van der Waals surface area (Å²) in [6.07, 6.45) is 1.99. The van der Waals surface area contributed by atoms with E-state index in [1.54, 1.807) is 11.8 Å². The second-order valence-electron chi connectivity index (χ2n) is 8.40. The van der Waals surface area contributed by atoms with Crippen LogP contribution in [0.1, 0.15) is 46.1 Å². The number of amidine groups is 1. The number of hydrogen-bond donors (Lipinski definition) is 0. The van der Waals surface area contributed by atoms with Crippen molar-refractivity contribution in [3.8, 4) is 0 Å². The minimum Gasteiger partial charge on any atom is -0.372 e. The van der Waals surface area contributed by atoms with Gasteiger partial charge in [0.1, 0.15) is 9.93 Å². The topological polar surface area (TPSA) is 39.2 Å². The number of nitrogens with zero attached hydrogens (tertiary/aromatic N) is 4. The molecule has 2 heterocycles. The number of anilines is 2. The predicted octanol–water partition coefficient (Wildman–Crippen LogP) is 7.01. The lowest BCUT2D eigenvalue weighted by Gasteiger charge is -2.22. The van der Waals surface area contributed by atoms with Crippen LogP contribution in [0.3, 0.4) is 0 Å². The summed E-state index contributed by atoms with van der Waals surface area (Å²) in [5.74, 6) is 0.0726. The average Bonchev–Trinajstić information content (AvgIpc) is 3.36. The molecule has 1 saturated heterocycles. The van der Waals surface area contributed by atoms with Crippen molar-refractivity contribution in [2.45, 2.75) is 52.4 Å². The number of carbonyl (C=O) groups is 1. The molecule has 0 radical (unpaired) electrons. The van der Waals surface area contributed by atoms with E-state index in [0.29, 0.717) is 6.54 Å². The normalized spacial score (nSPS) is 18.9. The molecule has 5 nitrogen and oxygen atoms in total. The van der Waals surface area contributed by atoms with E-state index in [-0.39, 0.29) is 5.91 Å². The first kappa shape index (κ1) is 24.7. The first-order chi connectivity index (χ1) is 16.5. The van der Waals surface area contributed by atoms with Crippen molar-refractivity contribution in [1.82, 2.24) is 4.90 Å². The van der Waals surface area contributed by atoms with Crippen LogP contribution < -0.4 is 9.80 Å². The molecule has 0 bridgehead atoms. The lowest BCUT2D eigenvalue weighted by atomic mass is 10.1. The Morgan fingerprint density at radius 1 is 0.971 bits per heavy atom. The van der Waals surface area contributed by atoms with Crippen LogP contribution in [0.4, 0.5) is 17.1 Å². The summed E-state index contributed by atoms with van der Waals surface area (Å²) in [6, 6.07) is 14.8. The van der Waals surface area contributed by atoms with E-state index >= 15 is 0 Å². The van der Waals surface area contributed by atoms with Crippen LogP contribution >= 0.6 is 23.5 Å². The minimum absolute atomic E-state index is 0.0726. The van der Waals surface area contributed by atoms with Gasteiger partial charge < -0.3 is 9.80 Å². The van der Waals surface area contributed by atoms with Crippen LogP contribution in [0.15, 0.2) is 62.3 Å². The molecule has 2 aromatic carbocycles. The van der Waals surface area contributed by atoms with Crippen molar-refractivity contribution in [3.63, 3.8) is 0 Å². The van der Waals surface area contributed by atoms with Gasteiger partial charge in [0.15, 0.2) is 5.17 Å². The number of carbonyl (C=O) groups excluding carboxylic acids is 1. The van der Waals surface area contributed by atoms with Crippen LogP contribution in [0, 0.1) is 6.92 Å². The lowest BCUT2D eigenvalue weighted by molar-refractivity contribution is -0.122. The fourth-order valence-electron chi connectivity index (χ4n) is 4.30. The zero-order valence-corrected chi connectivity index (χ0v) is 22.4. The molecule has 2 aliphatic rings. The fourth-order valence-corrected chi connectivity index (χ4v) is 6.71. The second-order valence-corrected chi connectivity index (χ2v) is 10.4. The van der Waals surface area contributed by atoms with E-state index in [1.165, 1.54) is 28.0 Å². The van der Waals surface area contributed by atoms with Gasteiger partial charge in [0.05, 0.1) is 11.4 Å². The molecule has 1 amide bonds. The SMILES string of the molecule is CCCCN1C(=O)/C(=C2/Sc3ccccc3N2CC)SC1=Nc1ccc(N(CC)CC)cc1C. The number of hydrogen-bond acceptors (Lipinski definition) is 6. The van der Waals surface area contributed by atoms with Gasteiger partial charge in [-0.2, -0.15) is 0 Å². The molecule has 0 spiro atoms. The molecule has 2 aliphatic heterocycles. The van der Waals surface area contributed by atoms with Crippen LogP contribution in [0.5, 0.6) is 0 Å². The standard InChI is InChI=1S/C27H34N4OS2/c1-6-10-17-31-25(32)24(26-30(9-4)22-13-11-12-14-23(22)33-26)34-27(31)28-21-16-15-20(18-19(21)5)29(7-2)8-3/h11-16,18H,6-10,17H2,1-5H3/b26-24-,28-27?. The van der Waals surface area contributed by atoms with Gasteiger partial charge in [-0.3, -0.25) is 9.69 Å². The number of thioether (sulfide) groups is 2. The summed E-state index contributed by atoms with van der Waals surface area (Å²) < 4.78 is 0. The highest BCUT2D eigenvalue weighted by Gasteiger charge is 2.39. The van der Waals surface area contributed by atoms with Gasteiger partial charge in [-0.05, 0) is 81.8 Å². The smallest absolute Gasteiger partial charge is 0.269 e. The van der Waals surface area contributed by atoms with Crippen LogP contribution in [0.2, 0.25) is 0 Å². The lowest BCUT2D eigenvalue weighted by Crippen LogP contribution is -2.30. The van der Waals surface area contributed by atoms with E-state index in [9.17, 15) is 4.79 Å².